The zero-order chi connectivity index (χ0) is 15.9. The molecule has 1 unspecified atom stereocenters. The van der Waals surface area contributed by atoms with Crippen LogP contribution in [0.15, 0.2) is 54.6 Å². The fourth-order valence-electron chi connectivity index (χ4n) is 1.98. The van der Waals surface area contributed by atoms with Gasteiger partial charge >= 0.3 is 5.97 Å². The third-order valence-electron chi connectivity index (χ3n) is 3.13. The average molecular weight is 299 g/mol. The lowest BCUT2D eigenvalue weighted by atomic mass is 10.1. The number of carbonyl (C=O) groups excluding carboxylic acids is 1. The molecule has 1 atom stereocenters. The van der Waals surface area contributed by atoms with Crippen LogP contribution in [0.3, 0.4) is 0 Å². The number of benzene rings is 2. The number of ether oxygens (including phenoxy) is 1. The highest BCUT2D eigenvalue weighted by molar-refractivity contribution is 5.88. The summed E-state index contributed by atoms with van der Waals surface area (Å²) in [6.45, 7) is 1.72. The number of hydrogen-bond acceptors (Lipinski definition) is 3. The minimum atomic E-state index is -1.03. The molecule has 0 bridgehead atoms. The Morgan fingerprint density at radius 3 is 2.55 bits per heavy atom. The van der Waals surface area contributed by atoms with E-state index in [9.17, 15) is 9.59 Å². The molecule has 5 nitrogen and oxygen atoms in total. The highest BCUT2D eigenvalue weighted by atomic mass is 16.5. The van der Waals surface area contributed by atoms with Crippen molar-refractivity contribution in [3.8, 4) is 5.75 Å². The van der Waals surface area contributed by atoms with Crippen LogP contribution in [0, 0.1) is 0 Å². The van der Waals surface area contributed by atoms with Crippen LogP contribution in [0.4, 0.5) is 0 Å². The van der Waals surface area contributed by atoms with Gasteiger partial charge in [-0.3, -0.25) is 4.79 Å². The quantitative estimate of drug-likeness (QED) is 0.859. The molecule has 5 heteroatoms. The van der Waals surface area contributed by atoms with Gasteiger partial charge in [0.25, 0.3) is 5.91 Å². The molecule has 0 heterocycles. The summed E-state index contributed by atoms with van der Waals surface area (Å²) in [7, 11) is 0. The van der Waals surface area contributed by atoms with Crippen molar-refractivity contribution >= 4 is 11.9 Å². The second-order valence-electron chi connectivity index (χ2n) is 4.82. The molecule has 22 heavy (non-hydrogen) atoms. The second-order valence-corrected chi connectivity index (χ2v) is 4.82. The third kappa shape index (κ3) is 4.34. The zero-order valence-electron chi connectivity index (χ0n) is 12.2. The van der Waals surface area contributed by atoms with Crippen molar-refractivity contribution in [3.05, 3.63) is 65.7 Å². The smallest absolute Gasteiger partial charge is 0.335 e. The fourth-order valence-corrected chi connectivity index (χ4v) is 1.98. The second kappa shape index (κ2) is 7.26. The number of hydrogen-bond donors (Lipinski definition) is 2. The van der Waals surface area contributed by atoms with E-state index in [1.807, 2.05) is 37.3 Å². The minimum Gasteiger partial charge on any atom is -0.484 e. The van der Waals surface area contributed by atoms with Crippen LogP contribution < -0.4 is 10.1 Å². The molecular weight excluding hydrogens is 282 g/mol. The van der Waals surface area contributed by atoms with Crippen molar-refractivity contribution in [2.45, 2.75) is 13.0 Å². The van der Waals surface area contributed by atoms with Gasteiger partial charge in [0.1, 0.15) is 5.75 Å². The van der Waals surface area contributed by atoms with Gasteiger partial charge in [-0.1, -0.05) is 36.4 Å². The average Bonchev–Trinajstić information content (AvgIpc) is 2.54. The van der Waals surface area contributed by atoms with E-state index in [1.54, 1.807) is 12.1 Å². The standard InChI is InChI=1S/C17H17NO4/c1-12(13-6-3-2-4-7-13)18-16(19)11-22-15-9-5-8-14(10-15)17(20)21/h2-10,12H,11H2,1H3,(H,18,19)(H,20,21). The summed E-state index contributed by atoms with van der Waals surface area (Å²) in [4.78, 5) is 22.7. The number of carboxylic acid groups (broad SMARTS) is 1. The molecule has 0 radical (unpaired) electrons. The van der Waals surface area contributed by atoms with Gasteiger partial charge in [0.15, 0.2) is 6.61 Å². The van der Waals surface area contributed by atoms with Gasteiger partial charge in [0, 0.05) is 0 Å². The maximum atomic E-state index is 11.9. The molecule has 0 aliphatic heterocycles. The molecule has 0 aromatic heterocycles. The van der Waals surface area contributed by atoms with E-state index in [-0.39, 0.29) is 24.1 Å². The molecule has 0 saturated carbocycles. The molecule has 0 fully saturated rings. The first-order valence-electron chi connectivity index (χ1n) is 6.86. The van der Waals surface area contributed by atoms with E-state index in [0.717, 1.165) is 5.56 Å². The molecule has 2 aromatic carbocycles. The van der Waals surface area contributed by atoms with Crippen molar-refractivity contribution in [2.75, 3.05) is 6.61 Å². The van der Waals surface area contributed by atoms with Crippen LogP contribution in [-0.2, 0) is 4.79 Å². The van der Waals surface area contributed by atoms with Crippen LogP contribution in [-0.4, -0.2) is 23.6 Å². The van der Waals surface area contributed by atoms with Crippen LogP contribution >= 0.6 is 0 Å². The number of carboxylic acids is 1. The van der Waals surface area contributed by atoms with Gasteiger partial charge in [0.2, 0.25) is 0 Å². The number of nitrogens with one attached hydrogen (secondary N) is 1. The summed E-state index contributed by atoms with van der Waals surface area (Å²) in [5.41, 5.74) is 1.12. The maximum absolute atomic E-state index is 11.9. The van der Waals surface area contributed by atoms with E-state index in [4.69, 9.17) is 9.84 Å². The van der Waals surface area contributed by atoms with Crippen molar-refractivity contribution in [2.24, 2.45) is 0 Å². The first kappa shape index (κ1) is 15.6. The summed E-state index contributed by atoms with van der Waals surface area (Å²) in [5, 5.41) is 11.7. The summed E-state index contributed by atoms with van der Waals surface area (Å²) < 4.78 is 5.32. The summed E-state index contributed by atoms with van der Waals surface area (Å²) >= 11 is 0. The van der Waals surface area contributed by atoms with E-state index in [1.165, 1.54) is 12.1 Å². The lowest BCUT2D eigenvalue weighted by molar-refractivity contribution is -0.123. The van der Waals surface area contributed by atoms with E-state index >= 15 is 0 Å². The van der Waals surface area contributed by atoms with E-state index < -0.39 is 5.97 Å². The van der Waals surface area contributed by atoms with Crippen molar-refractivity contribution < 1.29 is 19.4 Å². The van der Waals surface area contributed by atoms with Crippen LogP contribution in [0.2, 0.25) is 0 Å². The summed E-state index contributed by atoms with van der Waals surface area (Å²) in [5.74, 6) is -0.952. The third-order valence-corrected chi connectivity index (χ3v) is 3.13. The fraction of sp³-hybridized carbons (Fsp3) is 0.176. The molecule has 2 rings (SSSR count). The van der Waals surface area contributed by atoms with E-state index in [2.05, 4.69) is 5.32 Å². The van der Waals surface area contributed by atoms with Gasteiger partial charge in [-0.05, 0) is 30.7 Å². The predicted molar refractivity (Wildman–Crippen MR) is 81.9 cm³/mol. The number of amides is 1. The summed E-state index contributed by atoms with van der Waals surface area (Å²) in [6.07, 6.45) is 0. The topological polar surface area (TPSA) is 75.6 Å². The molecule has 2 aromatic rings. The lowest BCUT2D eigenvalue weighted by Crippen LogP contribution is -2.31. The Balaban J connectivity index is 1.88. The van der Waals surface area contributed by atoms with E-state index in [0.29, 0.717) is 5.75 Å². The Morgan fingerprint density at radius 1 is 1.14 bits per heavy atom. The lowest BCUT2D eigenvalue weighted by Gasteiger charge is -2.14. The predicted octanol–water partition coefficient (Wildman–Crippen LogP) is 2.64. The van der Waals surface area contributed by atoms with Crippen LogP contribution in [0.5, 0.6) is 5.75 Å². The molecule has 2 N–H and O–H groups in total. The zero-order valence-corrected chi connectivity index (χ0v) is 12.2. The van der Waals surface area contributed by atoms with Gasteiger partial charge in [-0.25, -0.2) is 4.79 Å². The van der Waals surface area contributed by atoms with Gasteiger partial charge in [-0.15, -0.1) is 0 Å². The summed E-state index contributed by atoms with van der Waals surface area (Å²) in [6, 6.07) is 15.5. The Morgan fingerprint density at radius 2 is 1.86 bits per heavy atom. The Hall–Kier alpha value is -2.82. The van der Waals surface area contributed by atoms with Gasteiger partial charge in [0.05, 0.1) is 11.6 Å². The van der Waals surface area contributed by atoms with Crippen molar-refractivity contribution in [3.63, 3.8) is 0 Å². The van der Waals surface area contributed by atoms with Crippen LogP contribution in [0.25, 0.3) is 0 Å². The Labute approximate surface area is 128 Å². The first-order chi connectivity index (χ1) is 10.6. The van der Waals surface area contributed by atoms with Crippen molar-refractivity contribution in [1.29, 1.82) is 0 Å². The number of carbonyl (C=O) groups is 2. The SMILES string of the molecule is CC(NC(=O)COc1cccc(C(=O)O)c1)c1ccccc1. The molecule has 0 aliphatic rings. The number of rotatable bonds is 6. The highest BCUT2D eigenvalue weighted by Crippen LogP contribution is 2.14. The van der Waals surface area contributed by atoms with Gasteiger partial charge < -0.3 is 15.2 Å². The Bertz CT molecular complexity index is 655. The molecule has 1 amide bonds. The first-order valence-corrected chi connectivity index (χ1v) is 6.86. The Kier molecular flexibility index (Phi) is 5.14. The molecule has 0 saturated heterocycles. The highest BCUT2D eigenvalue weighted by Gasteiger charge is 2.10. The largest absolute Gasteiger partial charge is 0.484 e. The molecule has 0 aliphatic carbocycles. The minimum absolute atomic E-state index is 0.121. The molecule has 114 valence electrons. The van der Waals surface area contributed by atoms with Gasteiger partial charge in [-0.2, -0.15) is 0 Å². The number of aromatic carboxylic acids is 1. The molecule has 0 spiro atoms. The monoisotopic (exact) mass is 299 g/mol. The van der Waals surface area contributed by atoms with Crippen molar-refractivity contribution in [1.82, 2.24) is 5.32 Å². The molecular formula is C17H17NO4. The normalized spacial score (nSPS) is 11.5. The maximum Gasteiger partial charge on any atom is 0.335 e. The van der Waals surface area contributed by atoms with Crippen LogP contribution in [0.1, 0.15) is 28.9 Å².